The molecule has 1 aliphatic heterocycles. The van der Waals surface area contributed by atoms with Crippen LogP contribution in [0.1, 0.15) is 58.8 Å². The van der Waals surface area contributed by atoms with Gasteiger partial charge < -0.3 is 10.6 Å². The van der Waals surface area contributed by atoms with Gasteiger partial charge in [-0.05, 0) is 45.6 Å². The van der Waals surface area contributed by atoms with Crippen LogP contribution in [0.3, 0.4) is 0 Å². The second-order valence-corrected chi connectivity index (χ2v) is 9.18. The Hall–Kier alpha value is 0.110. The number of rotatable bonds is 6. The van der Waals surface area contributed by atoms with Crippen molar-refractivity contribution in [3.05, 3.63) is 0 Å². The van der Waals surface area contributed by atoms with Crippen LogP contribution in [0.2, 0.25) is 0 Å². The van der Waals surface area contributed by atoms with E-state index in [9.17, 15) is 4.21 Å². The third kappa shape index (κ3) is 7.71. The molecule has 0 radical (unpaired) electrons. The van der Waals surface area contributed by atoms with Crippen molar-refractivity contribution in [2.45, 2.75) is 76.1 Å². The van der Waals surface area contributed by atoms with E-state index in [0.717, 1.165) is 50.5 Å². The lowest BCUT2D eigenvalue weighted by atomic mass is 9.95. The average Bonchev–Trinajstić information content (AvgIpc) is 2.62. The molecule has 0 aromatic rings. The Kier molecular flexibility index (Phi) is 11.6. The van der Waals surface area contributed by atoms with Crippen LogP contribution in [0.5, 0.6) is 0 Å². The van der Waals surface area contributed by atoms with Crippen LogP contribution in [0.4, 0.5) is 0 Å². The molecule has 1 saturated heterocycles. The van der Waals surface area contributed by atoms with Crippen LogP contribution in [-0.4, -0.2) is 64.8 Å². The number of halogens is 1. The van der Waals surface area contributed by atoms with Crippen molar-refractivity contribution in [2.75, 3.05) is 32.4 Å². The minimum absolute atomic E-state index is 0. The Morgan fingerprint density at radius 3 is 2.72 bits per heavy atom. The molecule has 2 N–H and O–H groups in total. The molecule has 0 aromatic heterocycles. The summed E-state index contributed by atoms with van der Waals surface area (Å²) in [5.41, 5.74) is 0. The first-order chi connectivity index (χ1) is 11.6. The third-order valence-electron chi connectivity index (χ3n) is 5.48. The van der Waals surface area contributed by atoms with E-state index in [0.29, 0.717) is 17.3 Å². The molecule has 0 bridgehead atoms. The van der Waals surface area contributed by atoms with Gasteiger partial charge in [0, 0.05) is 54.0 Å². The van der Waals surface area contributed by atoms with Crippen molar-refractivity contribution >= 4 is 40.7 Å². The van der Waals surface area contributed by atoms with Gasteiger partial charge in [0.05, 0.1) is 0 Å². The average molecular weight is 484 g/mol. The smallest absolute Gasteiger partial charge is 0.191 e. The molecule has 1 heterocycles. The van der Waals surface area contributed by atoms with Crippen LogP contribution in [-0.2, 0) is 10.8 Å². The van der Waals surface area contributed by atoms with Crippen LogP contribution >= 0.6 is 24.0 Å². The minimum atomic E-state index is -0.671. The number of nitrogens with one attached hydrogen (secondary N) is 2. The van der Waals surface area contributed by atoms with Crippen LogP contribution in [0, 0.1) is 0 Å². The number of hydrogen-bond donors (Lipinski definition) is 2. The molecule has 4 atom stereocenters. The van der Waals surface area contributed by atoms with Gasteiger partial charge in [0.2, 0.25) is 0 Å². The fourth-order valence-electron chi connectivity index (χ4n) is 3.95. The highest BCUT2D eigenvalue weighted by Crippen LogP contribution is 2.23. The SMILES string of the molecule is CCS(=O)C1CCCC(NC(=NC)NCCN2CCCCC2C)C1.I. The van der Waals surface area contributed by atoms with Crippen LogP contribution in [0.25, 0.3) is 0 Å². The first kappa shape index (κ1) is 23.1. The van der Waals surface area contributed by atoms with Gasteiger partial charge in [-0.1, -0.05) is 19.8 Å². The Morgan fingerprint density at radius 1 is 1.24 bits per heavy atom. The van der Waals surface area contributed by atoms with Gasteiger partial charge >= 0.3 is 0 Å². The normalized spacial score (nSPS) is 29.6. The molecule has 1 aliphatic carbocycles. The Bertz CT molecular complexity index is 435. The first-order valence-corrected chi connectivity index (χ1v) is 11.1. The lowest BCUT2D eigenvalue weighted by Crippen LogP contribution is -2.49. The number of nitrogens with zero attached hydrogens (tertiary/aromatic N) is 2. The largest absolute Gasteiger partial charge is 0.355 e. The summed E-state index contributed by atoms with van der Waals surface area (Å²) >= 11 is 0. The van der Waals surface area contributed by atoms with Gasteiger partial charge in [-0.25, -0.2) is 0 Å². The molecule has 25 heavy (non-hydrogen) atoms. The maximum atomic E-state index is 12.1. The lowest BCUT2D eigenvalue weighted by molar-refractivity contribution is 0.163. The van der Waals surface area contributed by atoms with E-state index in [1.165, 1.54) is 25.8 Å². The summed E-state index contributed by atoms with van der Waals surface area (Å²) in [5, 5.41) is 7.37. The molecule has 7 heteroatoms. The van der Waals surface area contributed by atoms with E-state index >= 15 is 0 Å². The monoisotopic (exact) mass is 484 g/mol. The summed E-state index contributed by atoms with van der Waals surface area (Å²) in [6.07, 6.45) is 8.45. The standard InChI is InChI=1S/C18H36N4OS.HI/c1-4-24(23)17-10-7-9-16(14-17)21-18(19-3)20-11-13-22-12-6-5-8-15(22)2;/h15-17H,4-14H2,1-3H3,(H2,19,20,21);1H. The zero-order valence-corrected chi connectivity index (χ0v) is 19.3. The molecule has 2 aliphatic rings. The van der Waals surface area contributed by atoms with Crippen LogP contribution < -0.4 is 10.6 Å². The zero-order valence-electron chi connectivity index (χ0n) is 16.1. The Balaban J connectivity index is 0.00000312. The molecule has 5 nitrogen and oxygen atoms in total. The van der Waals surface area contributed by atoms with Gasteiger partial charge in [-0.15, -0.1) is 24.0 Å². The van der Waals surface area contributed by atoms with Gasteiger partial charge in [0.15, 0.2) is 5.96 Å². The summed E-state index contributed by atoms with van der Waals surface area (Å²) in [7, 11) is 1.17. The predicted molar refractivity (Wildman–Crippen MR) is 120 cm³/mol. The number of hydrogen-bond acceptors (Lipinski definition) is 3. The quantitative estimate of drug-likeness (QED) is 0.346. The fraction of sp³-hybridized carbons (Fsp3) is 0.944. The second kappa shape index (κ2) is 12.5. The molecule has 2 rings (SSSR count). The van der Waals surface area contributed by atoms with E-state index in [-0.39, 0.29) is 24.0 Å². The number of aliphatic imine (C=N–C) groups is 1. The highest BCUT2D eigenvalue weighted by molar-refractivity contribution is 14.0. The van der Waals surface area contributed by atoms with Gasteiger partial charge in [-0.2, -0.15) is 0 Å². The number of piperidine rings is 1. The first-order valence-electron chi connectivity index (χ1n) is 9.72. The summed E-state index contributed by atoms with van der Waals surface area (Å²) in [6.45, 7) is 7.59. The zero-order chi connectivity index (χ0) is 17.4. The molecule has 0 spiro atoms. The number of guanidine groups is 1. The molecule has 0 aromatic carbocycles. The fourth-order valence-corrected chi connectivity index (χ4v) is 5.29. The Morgan fingerprint density at radius 2 is 2.04 bits per heavy atom. The van der Waals surface area contributed by atoms with Crippen molar-refractivity contribution in [1.82, 2.24) is 15.5 Å². The molecular weight excluding hydrogens is 447 g/mol. The molecule has 4 unspecified atom stereocenters. The van der Waals surface area contributed by atoms with Crippen molar-refractivity contribution in [1.29, 1.82) is 0 Å². The maximum Gasteiger partial charge on any atom is 0.191 e. The van der Waals surface area contributed by atoms with E-state index < -0.39 is 10.8 Å². The van der Waals surface area contributed by atoms with Gasteiger partial charge in [0.25, 0.3) is 0 Å². The van der Waals surface area contributed by atoms with E-state index in [1.54, 1.807) is 0 Å². The molecule has 148 valence electrons. The highest BCUT2D eigenvalue weighted by atomic mass is 127. The Labute approximate surface area is 173 Å². The summed E-state index contributed by atoms with van der Waals surface area (Å²) in [6, 6.07) is 1.11. The summed E-state index contributed by atoms with van der Waals surface area (Å²) in [5.74, 6) is 1.67. The minimum Gasteiger partial charge on any atom is -0.355 e. The molecular formula is C18H37IN4OS. The summed E-state index contributed by atoms with van der Waals surface area (Å²) < 4.78 is 12.1. The van der Waals surface area contributed by atoms with Crippen molar-refractivity contribution in [2.24, 2.45) is 4.99 Å². The highest BCUT2D eigenvalue weighted by Gasteiger charge is 2.26. The molecule has 1 saturated carbocycles. The topological polar surface area (TPSA) is 56.7 Å². The van der Waals surface area contributed by atoms with E-state index in [2.05, 4.69) is 27.4 Å². The lowest BCUT2D eigenvalue weighted by Gasteiger charge is -2.34. The van der Waals surface area contributed by atoms with Crippen molar-refractivity contribution in [3.63, 3.8) is 0 Å². The molecule has 2 fully saturated rings. The molecule has 0 amide bonds. The van der Waals surface area contributed by atoms with Crippen molar-refractivity contribution < 1.29 is 4.21 Å². The van der Waals surface area contributed by atoms with Crippen molar-refractivity contribution in [3.8, 4) is 0 Å². The van der Waals surface area contributed by atoms with Gasteiger partial charge in [-0.3, -0.25) is 14.1 Å². The van der Waals surface area contributed by atoms with E-state index in [1.807, 2.05) is 14.0 Å². The maximum absolute atomic E-state index is 12.1. The predicted octanol–water partition coefficient (Wildman–Crippen LogP) is 2.72. The summed E-state index contributed by atoms with van der Waals surface area (Å²) in [4.78, 5) is 6.95. The number of likely N-dealkylation sites (tertiary alicyclic amines) is 1. The van der Waals surface area contributed by atoms with Gasteiger partial charge in [0.1, 0.15) is 0 Å². The van der Waals surface area contributed by atoms with Crippen LogP contribution in [0.15, 0.2) is 4.99 Å². The second-order valence-electron chi connectivity index (χ2n) is 7.18. The van der Waals surface area contributed by atoms with E-state index in [4.69, 9.17) is 0 Å². The third-order valence-corrected chi connectivity index (χ3v) is 7.22.